The first kappa shape index (κ1) is 12.3. The van der Waals surface area contributed by atoms with E-state index in [2.05, 4.69) is 18.2 Å². The van der Waals surface area contributed by atoms with Crippen molar-refractivity contribution >= 4 is 34.8 Å². The fourth-order valence-electron chi connectivity index (χ4n) is 0.580. The maximum absolute atomic E-state index is 2.37. The van der Waals surface area contributed by atoms with Crippen LogP contribution in [0.15, 0.2) is 0 Å². The van der Waals surface area contributed by atoms with Crippen LogP contribution in [0.5, 0.6) is 0 Å². The fraction of sp³-hybridized carbons (Fsp3) is 0.800. The molecule has 0 amide bonds. The van der Waals surface area contributed by atoms with E-state index in [4.69, 9.17) is 0 Å². The second-order valence-corrected chi connectivity index (χ2v) is 2.70. The molecule has 0 spiro atoms. The van der Waals surface area contributed by atoms with Crippen LogP contribution in [0.3, 0.4) is 0 Å². The van der Waals surface area contributed by atoms with Crippen molar-refractivity contribution in [3.8, 4) is 0 Å². The SMILES string of the molecule is [Br-].[CH-]1CCSCC1.[Mg+2]. The van der Waals surface area contributed by atoms with Crippen LogP contribution >= 0.6 is 11.8 Å². The number of hydrogen-bond acceptors (Lipinski definition) is 1. The number of rotatable bonds is 0. The van der Waals surface area contributed by atoms with Gasteiger partial charge in [0.05, 0.1) is 0 Å². The van der Waals surface area contributed by atoms with Crippen molar-refractivity contribution in [2.75, 3.05) is 11.5 Å². The van der Waals surface area contributed by atoms with Crippen LogP contribution in [-0.2, 0) is 0 Å². The zero-order valence-electron chi connectivity index (χ0n) is 4.90. The first-order valence-electron chi connectivity index (χ1n) is 2.39. The van der Waals surface area contributed by atoms with Gasteiger partial charge in [-0.15, -0.1) is 0 Å². The predicted octanol–water partition coefficient (Wildman–Crippen LogP) is -1.66. The Balaban J connectivity index is 0. The van der Waals surface area contributed by atoms with Crippen molar-refractivity contribution in [2.24, 2.45) is 0 Å². The Labute approximate surface area is 82.1 Å². The summed E-state index contributed by atoms with van der Waals surface area (Å²) in [5, 5.41) is 0. The molecule has 0 unspecified atom stereocenters. The molecule has 1 heterocycles. The van der Waals surface area contributed by atoms with Gasteiger partial charge in [0, 0.05) is 0 Å². The summed E-state index contributed by atoms with van der Waals surface area (Å²) in [7, 11) is 0. The number of thioether (sulfide) groups is 1. The predicted molar refractivity (Wildman–Crippen MR) is 36.6 cm³/mol. The summed E-state index contributed by atoms with van der Waals surface area (Å²) in [6.07, 6.45) is 5.05. The normalized spacial score (nSPS) is 18.0. The van der Waals surface area contributed by atoms with E-state index in [1.54, 1.807) is 0 Å². The molecule has 0 bridgehead atoms. The van der Waals surface area contributed by atoms with Crippen molar-refractivity contribution in [3.63, 3.8) is 0 Å². The molecule has 0 radical (unpaired) electrons. The van der Waals surface area contributed by atoms with Gasteiger partial charge in [0.1, 0.15) is 0 Å². The molecule has 0 aromatic rings. The summed E-state index contributed by atoms with van der Waals surface area (Å²) in [6.45, 7) is 0. The van der Waals surface area contributed by atoms with E-state index < -0.39 is 0 Å². The quantitative estimate of drug-likeness (QED) is 0.337. The van der Waals surface area contributed by atoms with Gasteiger partial charge < -0.3 is 23.4 Å². The Morgan fingerprint density at radius 2 is 1.62 bits per heavy atom. The Hall–Kier alpha value is 1.60. The third-order valence-corrected chi connectivity index (χ3v) is 1.98. The molecule has 0 aliphatic carbocycles. The Bertz CT molecular complexity index is 27.9. The Morgan fingerprint density at radius 3 is 1.75 bits per heavy atom. The molecule has 1 fully saturated rings. The van der Waals surface area contributed by atoms with Gasteiger partial charge >= 0.3 is 23.1 Å². The van der Waals surface area contributed by atoms with Gasteiger partial charge in [0.25, 0.3) is 0 Å². The molecule has 0 nitrogen and oxygen atoms in total. The summed E-state index contributed by atoms with van der Waals surface area (Å²) in [5.41, 5.74) is 0. The molecule has 0 aromatic heterocycles. The average Bonchev–Trinajstić information content (AvgIpc) is 1.72. The van der Waals surface area contributed by atoms with E-state index in [0.29, 0.717) is 0 Å². The van der Waals surface area contributed by atoms with Crippen LogP contribution in [0.25, 0.3) is 0 Å². The van der Waals surface area contributed by atoms with Crippen LogP contribution < -0.4 is 17.0 Å². The largest absolute Gasteiger partial charge is 2.00 e. The van der Waals surface area contributed by atoms with Crippen LogP contribution in [0.2, 0.25) is 0 Å². The second-order valence-electron chi connectivity index (χ2n) is 1.48. The Morgan fingerprint density at radius 1 is 1.12 bits per heavy atom. The van der Waals surface area contributed by atoms with E-state index in [1.165, 1.54) is 24.3 Å². The molecule has 1 rings (SSSR count). The van der Waals surface area contributed by atoms with Gasteiger partial charge in [0.2, 0.25) is 0 Å². The minimum Gasteiger partial charge on any atom is -1.00 e. The van der Waals surface area contributed by atoms with Crippen LogP contribution in [0.1, 0.15) is 12.8 Å². The minimum atomic E-state index is 0. The van der Waals surface area contributed by atoms with Crippen molar-refractivity contribution in [2.45, 2.75) is 12.8 Å². The molecule has 1 saturated heterocycles. The maximum Gasteiger partial charge on any atom is 2.00 e. The van der Waals surface area contributed by atoms with Gasteiger partial charge in [-0.1, -0.05) is 0 Å². The topological polar surface area (TPSA) is 0 Å². The van der Waals surface area contributed by atoms with Gasteiger partial charge in [-0.25, -0.2) is 0 Å². The van der Waals surface area contributed by atoms with E-state index >= 15 is 0 Å². The van der Waals surface area contributed by atoms with E-state index in [0.717, 1.165) is 0 Å². The van der Waals surface area contributed by atoms with Crippen LogP contribution in [-0.4, -0.2) is 34.6 Å². The van der Waals surface area contributed by atoms with E-state index in [9.17, 15) is 0 Å². The molecule has 0 saturated carbocycles. The van der Waals surface area contributed by atoms with Crippen LogP contribution in [0, 0.1) is 6.42 Å². The van der Waals surface area contributed by atoms with E-state index in [-0.39, 0.29) is 40.0 Å². The summed E-state index contributed by atoms with van der Waals surface area (Å²) < 4.78 is 0. The second kappa shape index (κ2) is 8.60. The van der Waals surface area contributed by atoms with Gasteiger partial charge in [-0.3, -0.25) is 0 Å². The minimum absolute atomic E-state index is 0. The average molecular weight is 205 g/mol. The summed E-state index contributed by atoms with van der Waals surface area (Å²) in [5.74, 6) is 2.72. The number of halogens is 1. The summed E-state index contributed by atoms with van der Waals surface area (Å²) >= 11 is 2.06. The first-order chi connectivity index (χ1) is 3.00. The van der Waals surface area contributed by atoms with Crippen molar-refractivity contribution in [1.82, 2.24) is 0 Å². The monoisotopic (exact) mass is 204 g/mol. The molecule has 3 heteroatoms. The molecule has 8 heavy (non-hydrogen) atoms. The van der Waals surface area contributed by atoms with Crippen molar-refractivity contribution < 1.29 is 17.0 Å². The van der Waals surface area contributed by atoms with Crippen molar-refractivity contribution in [3.05, 3.63) is 6.42 Å². The molecule has 0 atom stereocenters. The fourth-order valence-corrected chi connectivity index (χ4v) is 1.45. The molecular weight excluding hydrogens is 196 g/mol. The Kier molecular flexibility index (Phi) is 13.2. The van der Waals surface area contributed by atoms with Crippen LogP contribution in [0.4, 0.5) is 0 Å². The maximum atomic E-state index is 2.37. The molecular formula is C5H9BrMgS. The van der Waals surface area contributed by atoms with Gasteiger partial charge in [-0.05, 0) is 11.5 Å². The zero-order valence-corrected chi connectivity index (χ0v) is 8.72. The van der Waals surface area contributed by atoms with Crippen molar-refractivity contribution in [1.29, 1.82) is 0 Å². The third-order valence-electron chi connectivity index (χ3n) is 0.933. The zero-order chi connectivity index (χ0) is 4.24. The molecule has 0 aromatic carbocycles. The molecule has 1 aliphatic rings. The van der Waals surface area contributed by atoms with Gasteiger partial charge in [-0.2, -0.15) is 24.6 Å². The van der Waals surface area contributed by atoms with Gasteiger partial charge in [0.15, 0.2) is 0 Å². The molecule has 0 N–H and O–H groups in total. The molecule has 44 valence electrons. The van der Waals surface area contributed by atoms with E-state index in [1.807, 2.05) is 0 Å². The third kappa shape index (κ3) is 5.73. The summed E-state index contributed by atoms with van der Waals surface area (Å²) in [4.78, 5) is 0. The number of hydrogen-bond donors (Lipinski definition) is 0. The first-order valence-corrected chi connectivity index (χ1v) is 3.55. The standard InChI is InChI=1S/C5H9S.BrH.Mg/c1-2-4-6-5-3-1;;/h1H,2-5H2;1H;/q-1;;+2/p-1. The summed E-state index contributed by atoms with van der Waals surface area (Å²) in [6, 6.07) is 0. The molecule has 1 aliphatic heterocycles. The smallest absolute Gasteiger partial charge is 1.00 e.